The second-order valence-electron chi connectivity index (χ2n) is 7.94. The minimum absolute atomic E-state index is 0.0100. The van der Waals surface area contributed by atoms with Crippen LogP contribution in [0.5, 0.6) is 5.75 Å². The smallest absolute Gasteiger partial charge is 0.262 e. The maximum absolute atomic E-state index is 13.7. The average Bonchev–Trinajstić information content (AvgIpc) is 3.16. The largest absolute Gasteiger partial charge is 0.496 e. The van der Waals surface area contributed by atoms with Gasteiger partial charge in [-0.3, -0.25) is 14.5 Å². The average molecular weight is 484 g/mol. The number of terminal acetylenes is 1. The molecule has 9 heteroatoms. The number of sulfonamides is 1. The molecule has 3 rings (SSSR count). The van der Waals surface area contributed by atoms with Crippen molar-refractivity contribution in [1.82, 2.24) is 9.62 Å². The number of nitrogens with one attached hydrogen (secondary N) is 1. The third kappa shape index (κ3) is 5.58. The standard InChI is InChI=1S/C25H29N3O5S/c1-4-19-10-9-11-20(16-19)28(18-24(29)26-2)25(30)22-17-21(12-13-23(22)33-3)34(31,32)27-14-7-5-6-8-15-27/h1,9-13,16-17H,5-8,14-15,18H2,2-3H3,(H,26,29). The van der Waals surface area contributed by atoms with E-state index in [4.69, 9.17) is 11.2 Å². The number of anilines is 1. The van der Waals surface area contributed by atoms with E-state index in [2.05, 4.69) is 11.2 Å². The number of hydrogen-bond acceptors (Lipinski definition) is 5. The van der Waals surface area contributed by atoms with Gasteiger partial charge in [0.05, 0.1) is 17.6 Å². The first-order chi connectivity index (χ1) is 16.3. The van der Waals surface area contributed by atoms with Crippen molar-refractivity contribution in [2.24, 2.45) is 0 Å². The van der Waals surface area contributed by atoms with Crippen LogP contribution in [0.3, 0.4) is 0 Å². The Morgan fingerprint density at radius 2 is 1.82 bits per heavy atom. The van der Waals surface area contributed by atoms with E-state index in [9.17, 15) is 18.0 Å². The van der Waals surface area contributed by atoms with E-state index in [1.165, 1.54) is 41.6 Å². The van der Waals surface area contributed by atoms with Crippen molar-refractivity contribution >= 4 is 27.5 Å². The van der Waals surface area contributed by atoms with Crippen molar-refractivity contribution in [3.63, 3.8) is 0 Å². The van der Waals surface area contributed by atoms with Crippen LogP contribution in [0.1, 0.15) is 41.6 Å². The molecule has 0 spiro atoms. The highest BCUT2D eigenvalue weighted by atomic mass is 32.2. The van der Waals surface area contributed by atoms with Gasteiger partial charge < -0.3 is 10.1 Å². The van der Waals surface area contributed by atoms with Gasteiger partial charge in [-0.25, -0.2) is 8.42 Å². The van der Waals surface area contributed by atoms with Gasteiger partial charge in [-0.05, 0) is 49.2 Å². The number of benzene rings is 2. The molecule has 34 heavy (non-hydrogen) atoms. The minimum Gasteiger partial charge on any atom is -0.496 e. The molecule has 1 saturated heterocycles. The number of hydrogen-bond donors (Lipinski definition) is 1. The van der Waals surface area contributed by atoms with Crippen molar-refractivity contribution < 1.29 is 22.7 Å². The lowest BCUT2D eigenvalue weighted by Crippen LogP contribution is -2.40. The zero-order valence-electron chi connectivity index (χ0n) is 19.4. The Balaban J connectivity index is 2.06. The molecule has 1 heterocycles. The van der Waals surface area contributed by atoms with Crippen LogP contribution in [-0.4, -0.2) is 58.3 Å². The molecule has 0 saturated carbocycles. The Labute approximate surface area is 200 Å². The van der Waals surface area contributed by atoms with Gasteiger partial charge >= 0.3 is 0 Å². The van der Waals surface area contributed by atoms with Crippen LogP contribution in [0.4, 0.5) is 5.69 Å². The number of methoxy groups -OCH3 is 1. The molecular formula is C25H29N3O5S. The van der Waals surface area contributed by atoms with Gasteiger partial charge in [-0.1, -0.05) is 24.8 Å². The highest BCUT2D eigenvalue weighted by Crippen LogP contribution is 2.29. The summed E-state index contributed by atoms with van der Waals surface area (Å²) in [7, 11) is -0.924. The summed E-state index contributed by atoms with van der Waals surface area (Å²) in [5.74, 6) is 1.74. The molecule has 0 atom stereocenters. The van der Waals surface area contributed by atoms with Crippen LogP contribution < -0.4 is 15.0 Å². The van der Waals surface area contributed by atoms with Crippen LogP contribution >= 0.6 is 0 Å². The summed E-state index contributed by atoms with van der Waals surface area (Å²) >= 11 is 0. The first-order valence-electron chi connectivity index (χ1n) is 11.1. The number of nitrogens with zero attached hydrogens (tertiary/aromatic N) is 2. The molecule has 8 nitrogen and oxygen atoms in total. The van der Waals surface area contributed by atoms with E-state index in [1.54, 1.807) is 24.3 Å². The zero-order chi connectivity index (χ0) is 24.7. The van der Waals surface area contributed by atoms with Crippen LogP contribution in [0, 0.1) is 12.3 Å². The molecule has 1 aliphatic heterocycles. The molecule has 2 aromatic rings. The van der Waals surface area contributed by atoms with Crippen molar-refractivity contribution in [3.8, 4) is 18.1 Å². The number of carbonyl (C=O) groups excluding carboxylic acids is 2. The maximum Gasteiger partial charge on any atom is 0.262 e. The summed E-state index contributed by atoms with van der Waals surface area (Å²) < 4.78 is 33.5. The number of amides is 2. The minimum atomic E-state index is -3.79. The van der Waals surface area contributed by atoms with Gasteiger partial charge in [-0.2, -0.15) is 4.31 Å². The fraction of sp³-hybridized carbons (Fsp3) is 0.360. The number of ether oxygens (including phenoxy) is 1. The monoisotopic (exact) mass is 483 g/mol. The molecular weight excluding hydrogens is 454 g/mol. The van der Waals surface area contributed by atoms with Crippen LogP contribution in [0.2, 0.25) is 0 Å². The topological polar surface area (TPSA) is 96.0 Å². The van der Waals surface area contributed by atoms with Gasteiger partial charge in [0.25, 0.3) is 5.91 Å². The van der Waals surface area contributed by atoms with Gasteiger partial charge in [-0.15, -0.1) is 6.42 Å². The Kier molecular flexibility index (Phi) is 8.31. The molecule has 0 bridgehead atoms. The van der Waals surface area contributed by atoms with Gasteiger partial charge in [0.2, 0.25) is 15.9 Å². The van der Waals surface area contributed by atoms with Crippen LogP contribution in [-0.2, 0) is 14.8 Å². The summed E-state index contributed by atoms with van der Waals surface area (Å²) in [5, 5.41) is 2.51. The summed E-state index contributed by atoms with van der Waals surface area (Å²) in [6.07, 6.45) is 9.08. The molecule has 1 fully saturated rings. The van der Waals surface area contributed by atoms with Crippen LogP contribution in [0.25, 0.3) is 0 Å². The molecule has 180 valence electrons. The predicted molar refractivity (Wildman–Crippen MR) is 130 cm³/mol. The molecule has 0 aromatic heterocycles. The third-order valence-electron chi connectivity index (χ3n) is 5.75. The third-order valence-corrected chi connectivity index (χ3v) is 7.65. The normalized spacial score (nSPS) is 14.5. The SMILES string of the molecule is C#Cc1cccc(N(CC(=O)NC)C(=O)c2cc(S(=O)(=O)N3CCCCCC3)ccc2OC)c1. The molecule has 2 aromatic carbocycles. The molecule has 0 aliphatic carbocycles. The predicted octanol–water partition coefficient (Wildman–Crippen LogP) is 2.63. The molecule has 2 amide bonds. The Bertz CT molecular complexity index is 1200. The second-order valence-corrected chi connectivity index (χ2v) is 9.88. The van der Waals surface area contributed by atoms with Gasteiger partial charge in [0.15, 0.2) is 0 Å². The van der Waals surface area contributed by atoms with Gasteiger partial charge in [0.1, 0.15) is 12.3 Å². The van der Waals surface area contributed by atoms with Crippen molar-refractivity contribution in [2.75, 3.05) is 38.7 Å². The Hall–Kier alpha value is -3.35. The summed E-state index contributed by atoms with van der Waals surface area (Å²) in [6, 6.07) is 10.9. The molecule has 1 N–H and O–H groups in total. The highest BCUT2D eigenvalue weighted by Gasteiger charge is 2.29. The van der Waals surface area contributed by atoms with Gasteiger partial charge in [0, 0.05) is 31.4 Å². The number of rotatable bonds is 7. The molecule has 1 aliphatic rings. The zero-order valence-corrected chi connectivity index (χ0v) is 20.2. The fourth-order valence-electron chi connectivity index (χ4n) is 3.86. The number of carbonyl (C=O) groups is 2. The Morgan fingerprint density at radius 1 is 1.12 bits per heavy atom. The lowest BCUT2D eigenvalue weighted by atomic mass is 10.1. The van der Waals surface area contributed by atoms with Crippen molar-refractivity contribution in [2.45, 2.75) is 30.6 Å². The van der Waals surface area contributed by atoms with E-state index < -0.39 is 21.8 Å². The summed E-state index contributed by atoms with van der Waals surface area (Å²) in [6.45, 7) is 0.605. The van der Waals surface area contributed by atoms with Crippen molar-refractivity contribution in [1.29, 1.82) is 0 Å². The number of likely N-dealkylation sites (N-methyl/N-ethyl adjacent to an activating group) is 1. The lowest BCUT2D eigenvalue weighted by molar-refractivity contribution is -0.119. The van der Waals surface area contributed by atoms with Crippen molar-refractivity contribution in [3.05, 3.63) is 53.6 Å². The van der Waals surface area contributed by atoms with E-state index >= 15 is 0 Å². The quantitative estimate of drug-likeness (QED) is 0.611. The van der Waals surface area contributed by atoms with E-state index in [1.807, 2.05) is 0 Å². The first kappa shape index (κ1) is 25.3. The fourth-order valence-corrected chi connectivity index (χ4v) is 5.40. The second kappa shape index (κ2) is 11.2. The maximum atomic E-state index is 13.7. The van der Waals surface area contributed by atoms with E-state index in [0.29, 0.717) is 24.3 Å². The first-order valence-corrected chi connectivity index (χ1v) is 12.5. The molecule has 0 unspecified atom stereocenters. The van der Waals surface area contributed by atoms with E-state index in [-0.39, 0.29) is 22.8 Å². The summed E-state index contributed by atoms with van der Waals surface area (Å²) in [4.78, 5) is 27.2. The lowest BCUT2D eigenvalue weighted by Gasteiger charge is -2.24. The summed E-state index contributed by atoms with van der Waals surface area (Å²) in [5.41, 5.74) is 0.983. The van der Waals surface area contributed by atoms with Crippen LogP contribution in [0.15, 0.2) is 47.4 Å². The molecule has 0 radical (unpaired) electrons. The Morgan fingerprint density at radius 3 is 2.44 bits per heavy atom. The van der Waals surface area contributed by atoms with E-state index in [0.717, 1.165) is 25.7 Å². The highest BCUT2D eigenvalue weighted by molar-refractivity contribution is 7.89.